The molecule has 0 N–H and O–H groups in total. The molecule has 1 atom stereocenters. The number of hydrogen-bond acceptors (Lipinski definition) is 6. The highest BCUT2D eigenvalue weighted by atomic mass is 16.5. The zero-order valence-corrected chi connectivity index (χ0v) is 14.0. The third-order valence-electron chi connectivity index (χ3n) is 4.68. The van der Waals surface area contributed by atoms with Crippen LogP contribution in [0.25, 0.3) is 6.08 Å². The minimum Gasteiger partial charge on any atom is -0.465 e. The van der Waals surface area contributed by atoms with E-state index < -0.39 is 0 Å². The van der Waals surface area contributed by atoms with Gasteiger partial charge in [0.15, 0.2) is 5.76 Å². The Balaban J connectivity index is 1.65. The second-order valence-electron chi connectivity index (χ2n) is 6.33. The number of carbonyl (C=O) groups is 2. The molecule has 0 spiro atoms. The van der Waals surface area contributed by atoms with Gasteiger partial charge in [-0.3, -0.25) is 14.6 Å². The van der Waals surface area contributed by atoms with Crippen molar-refractivity contribution < 1.29 is 23.5 Å². The number of carbonyl (C=O) groups excluding carboxylic acids is 2. The quantitative estimate of drug-likeness (QED) is 0.394. The number of fused-ring (bicyclic) bond motifs is 3. The summed E-state index contributed by atoms with van der Waals surface area (Å²) in [4.78, 5) is 29.0. The number of pyridine rings is 1. The summed E-state index contributed by atoms with van der Waals surface area (Å²) in [5.74, 6) is 0.687. The third-order valence-corrected chi connectivity index (χ3v) is 4.68. The number of hydrogen-bond donors (Lipinski definition) is 0. The highest BCUT2D eigenvalue weighted by Crippen LogP contribution is 2.48. The van der Waals surface area contributed by atoms with Crippen molar-refractivity contribution in [3.05, 3.63) is 83.3 Å². The van der Waals surface area contributed by atoms with Crippen LogP contribution < -0.4 is 9.47 Å². The van der Waals surface area contributed by atoms with E-state index in [1.807, 2.05) is 12.1 Å². The molecule has 2 aliphatic rings. The summed E-state index contributed by atoms with van der Waals surface area (Å²) in [6.07, 6.45) is 6.62. The van der Waals surface area contributed by atoms with Gasteiger partial charge in [0, 0.05) is 30.0 Å². The van der Waals surface area contributed by atoms with Gasteiger partial charge in [-0.05, 0) is 35.9 Å². The highest BCUT2D eigenvalue weighted by Gasteiger charge is 2.38. The fourth-order valence-electron chi connectivity index (χ4n) is 3.48. The molecule has 1 aromatic carbocycles. The van der Waals surface area contributed by atoms with Gasteiger partial charge in [0.1, 0.15) is 17.3 Å². The largest absolute Gasteiger partial charge is 0.465 e. The van der Waals surface area contributed by atoms with Crippen LogP contribution in [0.5, 0.6) is 11.5 Å². The van der Waals surface area contributed by atoms with Crippen molar-refractivity contribution in [3.8, 4) is 11.5 Å². The Morgan fingerprint density at radius 1 is 1.07 bits per heavy atom. The highest BCUT2D eigenvalue weighted by molar-refractivity contribution is 6.15. The molecule has 0 amide bonds. The molecule has 2 aliphatic heterocycles. The molecule has 0 bridgehead atoms. The van der Waals surface area contributed by atoms with Crippen LogP contribution in [0.15, 0.2) is 65.2 Å². The van der Waals surface area contributed by atoms with Crippen LogP contribution in [-0.4, -0.2) is 16.7 Å². The normalized spacial score (nSPS) is 19.4. The van der Waals surface area contributed by atoms with E-state index in [0.29, 0.717) is 28.4 Å². The number of ether oxygens (including phenoxy) is 2. The Morgan fingerprint density at radius 3 is 2.78 bits per heavy atom. The Bertz CT molecular complexity index is 1080. The van der Waals surface area contributed by atoms with Crippen LogP contribution in [0.4, 0.5) is 0 Å². The van der Waals surface area contributed by atoms with Gasteiger partial charge in [-0.2, -0.15) is 0 Å². The molecule has 27 heavy (non-hydrogen) atoms. The second kappa shape index (κ2) is 5.95. The maximum absolute atomic E-state index is 12.8. The molecule has 0 saturated carbocycles. The second-order valence-corrected chi connectivity index (χ2v) is 6.33. The first kappa shape index (κ1) is 15.6. The van der Waals surface area contributed by atoms with Crippen LogP contribution in [0.3, 0.4) is 0 Å². The van der Waals surface area contributed by atoms with Gasteiger partial charge in [-0.15, -0.1) is 0 Å². The topological polar surface area (TPSA) is 78.6 Å². The molecule has 5 rings (SSSR count). The van der Waals surface area contributed by atoms with Crippen LogP contribution >= 0.6 is 0 Å². The Morgan fingerprint density at radius 2 is 2.00 bits per heavy atom. The van der Waals surface area contributed by atoms with E-state index >= 15 is 0 Å². The first-order chi connectivity index (χ1) is 13.2. The minimum absolute atomic E-state index is 0.157. The Hall–Kier alpha value is -3.67. The number of rotatable bonds is 2. The van der Waals surface area contributed by atoms with Crippen molar-refractivity contribution in [3.63, 3.8) is 0 Å². The summed E-state index contributed by atoms with van der Waals surface area (Å²) >= 11 is 0. The van der Waals surface area contributed by atoms with Gasteiger partial charge in [0.2, 0.25) is 5.78 Å². The lowest BCUT2D eigenvalue weighted by molar-refractivity contribution is -0.135. The maximum atomic E-state index is 12.8. The van der Waals surface area contributed by atoms with E-state index in [9.17, 15) is 9.59 Å². The average Bonchev–Trinajstić information content (AvgIpc) is 3.30. The van der Waals surface area contributed by atoms with Crippen molar-refractivity contribution >= 4 is 17.8 Å². The monoisotopic (exact) mass is 359 g/mol. The van der Waals surface area contributed by atoms with E-state index in [-0.39, 0.29) is 29.9 Å². The molecular formula is C21H13NO5. The van der Waals surface area contributed by atoms with Gasteiger partial charge in [0.05, 0.1) is 18.2 Å². The number of aromatic nitrogens is 1. The third kappa shape index (κ3) is 2.54. The molecule has 1 unspecified atom stereocenters. The summed E-state index contributed by atoms with van der Waals surface area (Å²) in [6.45, 7) is 0. The molecule has 0 fully saturated rings. The first-order valence-corrected chi connectivity index (χ1v) is 8.46. The van der Waals surface area contributed by atoms with Crippen LogP contribution in [0, 0.1) is 0 Å². The first-order valence-electron chi connectivity index (χ1n) is 8.46. The van der Waals surface area contributed by atoms with E-state index in [1.54, 1.807) is 42.7 Å². The minimum atomic E-state index is -0.327. The van der Waals surface area contributed by atoms with Crippen LogP contribution in [0.2, 0.25) is 0 Å². The maximum Gasteiger partial charge on any atom is 0.312 e. The lowest BCUT2D eigenvalue weighted by Crippen LogP contribution is -2.21. The lowest BCUT2D eigenvalue weighted by Gasteiger charge is -2.26. The van der Waals surface area contributed by atoms with Crippen molar-refractivity contribution in [2.24, 2.45) is 0 Å². The Kier molecular flexibility index (Phi) is 3.43. The molecule has 0 radical (unpaired) electrons. The van der Waals surface area contributed by atoms with Gasteiger partial charge in [0.25, 0.3) is 0 Å². The Labute approximate surface area is 154 Å². The van der Waals surface area contributed by atoms with Crippen LogP contribution in [0.1, 0.15) is 39.6 Å². The van der Waals surface area contributed by atoms with E-state index in [0.717, 1.165) is 5.56 Å². The summed E-state index contributed by atoms with van der Waals surface area (Å²) in [5.41, 5.74) is 2.00. The number of benzene rings is 1. The van der Waals surface area contributed by atoms with E-state index in [2.05, 4.69) is 4.98 Å². The van der Waals surface area contributed by atoms with Crippen molar-refractivity contribution in [2.45, 2.75) is 12.3 Å². The molecule has 3 aromatic rings. The summed E-state index contributed by atoms with van der Waals surface area (Å²) in [5, 5.41) is 0. The van der Waals surface area contributed by atoms with Crippen LogP contribution in [-0.2, 0) is 4.79 Å². The van der Waals surface area contributed by atoms with Gasteiger partial charge in [-0.1, -0.05) is 6.07 Å². The summed E-state index contributed by atoms with van der Waals surface area (Å²) in [7, 11) is 0. The number of allylic oxidation sites excluding steroid dienone is 1. The van der Waals surface area contributed by atoms with E-state index in [4.69, 9.17) is 13.9 Å². The molecular weight excluding hydrogens is 346 g/mol. The molecule has 132 valence electrons. The standard InChI is InChI=1S/C21H13NO5/c23-18-10-15(12-3-1-7-22-11-12)19-16(26-18)6-5-14-20(24)17(27-21(14)19)9-13-4-2-8-25-13/h1-9,11,15H,10H2/b17-9+. The number of Topliss-reactive ketones (excluding diaryl/α,β-unsaturated/α-hetero) is 1. The number of esters is 1. The molecule has 0 saturated heterocycles. The van der Waals surface area contributed by atoms with Crippen molar-refractivity contribution in [1.29, 1.82) is 0 Å². The SMILES string of the molecule is O=C1CC(c2cccnc2)c2c(ccc3c2O/C(=C/c2ccco2)C3=O)O1. The van der Waals surface area contributed by atoms with Gasteiger partial charge >= 0.3 is 5.97 Å². The predicted octanol–water partition coefficient (Wildman–Crippen LogP) is 3.73. The molecule has 6 nitrogen and oxygen atoms in total. The lowest BCUT2D eigenvalue weighted by atomic mass is 9.85. The molecule has 2 aromatic heterocycles. The molecule has 0 aliphatic carbocycles. The smallest absolute Gasteiger partial charge is 0.312 e. The van der Waals surface area contributed by atoms with Crippen molar-refractivity contribution in [1.82, 2.24) is 4.98 Å². The predicted molar refractivity (Wildman–Crippen MR) is 94.4 cm³/mol. The molecule has 6 heteroatoms. The number of ketones is 1. The van der Waals surface area contributed by atoms with Gasteiger partial charge < -0.3 is 13.9 Å². The summed E-state index contributed by atoms with van der Waals surface area (Å²) in [6, 6.07) is 10.5. The van der Waals surface area contributed by atoms with Crippen molar-refractivity contribution in [2.75, 3.05) is 0 Å². The molecule has 4 heterocycles. The van der Waals surface area contributed by atoms with Gasteiger partial charge in [-0.25, -0.2) is 0 Å². The zero-order valence-electron chi connectivity index (χ0n) is 14.0. The average molecular weight is 359 g/mol. The van der Waals surface area contributed by atoms with E-state index in [1.165, 1.54) is 6.26 Å². The zero-order chi connectivity index (χ0) is 18.4. The summed E-state index contributed by atoms with van der Waals surface area (Å²) < 4.78 is 16.6. The fraction of sp³-hybridized carbons (Fsp3) is 0.0952. The fourth-order valence-corrected chi connectivity index (χ4v) is 3.48. The number of nitrogens with zero attached hydrogens (tertiary/aromatic N) is 1. The number of furan rings is 1.